The van der Waals surface area contributed by atoms with E-state index in [-0.39, 0.29) is 66.5 Å². The monoisotopic (exact) mass is 238 g/mol. The predicted octanol–water partition coefficient (Wildman–Crippen LogP) is -7.43. The van der Waals surface area contributed by atoms with E-state index in [9.17, 15) is 18.9 Å². The molecule has 0 rings (SSSR count). The van der Waals surface area contributed by atoms with Crippen molar-refractivity contribution in [2.45, 2.75) is 7.43 Å². The first kappa shape index (κ1) is 23.8. The van der Waals surface area contributed by atoms with E-state index in [1.165, 1.54) is 0 Å². The summed E-state index contributed by atoms with van der Waals surface area (Å²) in [6, 6.07) is 0. The van der Waals surface area contributed by atoms with Crippen molar-refractivity contribution in [3.05, 3.63) is 0 Å². The fourth-order valence-electron chi connectivity index (χ4n) is 0.130. The second-order valence-electron chi connectivity index (χ2n) is 1.02. The molecule has 0 saturated heterocycles. The van der Waals surface area contributed by atoms with Gasteiger partial charge in [0.05, 0.1) is 7.82 Å². The second kappa shape index (κ2) is 8.56. The molecule has 0 amide bonds. The second-order valence-corrected chi connectivity index (χ2v) is 3.55. The van der Waals surface area contributed by atoms with Crippen LogP contribution in [0.15, 0.2) is 0 Å². The number of hydrogen-bond donors (Lipinski definition) is 2. The van der Waals surface area contributed by atoms with Crippen LogP contribution in [-0.2, 0) is 13.4 Å². The molecule has 0 heterocycles. The van der Waals surface area contributed by atoms with E-state index in [1.807, 2.05) is 0 Å². The van der Waals surface area contributed by atoms with Crippen molar-refractivity contribution in [2.75, 3.05) is 0 Å². The van der Waals surface area contributed by atoms with Crippen LogP contribution in [0.1, 0.15) is 7.43 Å². The van der Waals surface area contributed by atoms with Gasteiger partial charge in [-0.05, 0) is 0 Å². The van der Waals surface area contributed by atoms with E-state index < -0.39 is 15.6 Å². The van der Waals surface area contributed by atoms with Crippen LogP contribution in [0.25, 0.3) is 0 Å². The van der Waals surface area contributed by atoms with Crippen molar-refractivity contribution in [2.24, 2.45) is 0 Å². The van der Waals surface area contributed by atoms with Crippen molar-refractivity contribution in [3.63, 3.8) is 0 Å². The summed E-state index contributed by atoms with van der Waals surface area (Å²) in [6.45, 7) is 0. The Morgan fingerprint density at radius 1 is 1.08 bits per heavy atom. The molecule has 0 aliphatic rings. The molecule has 12 heavy (non-hydrogen) atoms. The summed E-state index contributed by atoms with van der Waals surface area (Å²) >= 11 is 0. The Morgan fingerprint density at radius 2 is 1.33 bits per heavy atom. The summed E-state index contributed by atoms with van der Waals surface area (Å²) in [6.07, 6.45) is 0. The van der Waals surface area contributed by atoms with E-state index in [0.29, 0.717) is 0 Å². The smallest absolute Gasteiger partial charge is 0.789 e. The van der Waals surface area contributed by atoms with Gasteiger partial charge in [0.15, 0.2) is 0 Å². The Morgan fingerprint density at radius 3 is 1.33 bits per heavy atom. The molecule has 64 valence electrons. The van der Waals surface area contributed by atoms with Crippen molar-refractivity contribution in [3.8, 4) is 0 Å². The minimum absolute atomic E-state index is 0. The van der Waals surface area contributed by atoms with Crippen molar-refractivity contribution in [1.29, 1.82) is 0 Å². The maximum absolute atomic E-state index is 9.55. The summed E-state index contributed by atoms with van der Waals surface area (Å²) in [7, 11) is -10.7. The van der Waals surface area contributed by atoms with Gasteiger partial charge < -0.3 is 24.1 Å². The Kier molecular flexibility index (Phi) is 17.0. The molecule has 0 aromatic rings. The first-order valence-corrected chi connectivity index (χ1v) is 4.49. The van der Waals surface area contributed by atoms with Crippen LogP contribution in [0.4, 0.5) is 0 Å². The first-order chi connectivity index (χ1) is 3.71. The minimum atomic E-state index is -5.55. The molecule has 0 spiro atoms. The summed E-state index contributed by atoms with van der Waals surface area (Å²) in [5.74, 6) is 0. The molecule has 0 fully saturated rings. The van der Waals surface area contributed by atoms with Gasteiger partial charge in [0.25, 0.3) is 0 Å². The van der Waals surface area contributed by atoms with Gasteiger partial charge in [-0.15, -0.1) is 0 Å². The molecule has 0 unspecified atom stereocenters. The topological polar surface area (TPSA) is 130 Å². The Bertz CT molecular complexity index is 160. The normalized spacial score (nSPS) is 10.3. The molecular weight excluding hydrogens is 232 g/mol. The van der Waals surface area contributed by atoms with Crippen molar-refractivity contribution >= 4 is 15.6 Å². The van der Waals surface area contributed by atoms with E-state index in [2.05, 4.69) is 4.31 Å². The minimum Gasteiger partial charge on any atom is -0.789 e. The van der Waals surface area contributed by atoms with Gasteiger partial charge in [0, 0.05) is 0 Å². The average Bonchev–Trinajstić information content (AvgIpc) is 1.14. The van der Waals surface area contributed by atoms with Gasteiger partial charge in [-0.2, -0.15) is 0 Å². The summed E-state index contributed by atoms with van der Waals surface area (Å²) in [4.78, 5) is 34.1. The zero-order valence-corrected chi connectivity index (χ0v) is 11.6. The van der Waals surface area contributed by atoms with Gasteiger partial charge in [-0.25, -0.2) is 4.57 Å². The maximum atomic E-state index is 9.55. The SMILES string of the molecule is C.O=P([O-])([O-])OP(=O)(O)O.[Na+].[Na+]. The van der Waals surface area contributed by atoms with E-state index in [0.717, 1.165) is 0 Å². The van der Waals surface area contributed by atoms with Gasteiger partial charge in [0.2, 0.25) is 0 Å². The summed E-state index contributed by atoms with van der Waals surface area (Å²) < 4.78 is 21.7. The van der Waals surface area contributed by atoms with Gasteiger partial charge >= 0.3 is 66.9 Å². The quantitative estimate of drug-likeness (QED) is 0.361. The van der Waals surface area contributed by atoms with Crippen LogP contribution in [-0.4, -0.2) is 9.79 Å². The van der Waals surface area contributed by atoms with Crippen LogP contribution in [0, 0.1) is 0 Å². The van der Waals surface area contributed by atoms with Gasteiger partial charge in [-0.3, -0.25) is 4.31 Å². The standard InChI is InChI=1S/CH4.2Na.H4O7P2/c;;;1-8(2,3)7-9(4,5)6/h1H4;;;(H2,1,2,3)(H2,4,5,6)/q;2*+1;/p-2. The molecule has 0 bridgehead atoms. The predicted molar refractivity (Wildman–Crippen MR) is 27.5 cm³/mol. The molecule has 0 aromatic carbocycles. The van der Waals surface area contributed by atoms with Crippen LogP contribution in [0.2, 0.25) is 0 Å². The molecule has 0 saturated carbocycles. The average molecular weight is 238 g/mol. The Hall–Kier alpha value is 2.26. The van der Waals surface area contributed by atoms with E-state index >= 15 is 0 Å². The molecular formula is CH6Na2O7P2. The molecule has 7 nitrogen and oxygen atoms in total. The third kappa shape index (κ3) is 22.8. The first-order valence-electron chi connectivity index (χ1n) is 1.50. The fourth-order valence-corrected chi connectivity index (χ4v) is 1.17. The third-order valence-corrected chi connectivity index (χ3v) is 1.86. The largest absolute Gasteiger partial charge is 1.00 e. The number of rotatable bonds is 2. The van der Waals surface area contributed by atoms with Crippen LogP contribution in [0.3, 0.4) is 0 Å². The Labute approximate surface area is 114 Å². The molecule has 0 aromatic heterocycles. The molecule has 0 aliphatic heterocycles. The molecule has 2 N–H and O–H groups in total. The van der Waals surface area contributed by atoms with Crippen LogP contribution >= 0.6 is 15.6 Å². The molecule has 0 radical (unpaired) electrons. The van der Waals surface area contributed by atoms with Crippen molar-refractivity contribution < 1.29 is 92.1 Å². The maximum Gasteiger partial charge on any atom is 1.00 e. The van der Waals surface area contributed by atoms with E-state index in [1.54, 1.807) is 0 Å². The van der Waals surface area contributed by atoms with E-state index in [4.69, 9.17) is 9.79 Å². The van der Waals surface area contributed by atoms with Gasteiger partial charge in [-0.1, -0.05) is 7.43 Å². The molecule has 0 aliphatic carbocycles. The zero-order valence-electron chi connectivity index (χ0n) is 5.83. The third-order valence-electron chi connectivity index (χ3n) is 0.206. The van der Waals surface area contributed by atoms with Crippen LogP contribution < -0.4 is 68.9 Å². The summed E-state index contributed by atoms with van der Waals surface area (Å²) in [5, 5.41) is 0. The molecule has 11 heteroatoms. The fraction of sp³-hybridized carbons (Fsp3) is 1.00. The Balaban J connectivity index is -0.000000107. The summed E-state index contributed by atoms with van der Waals surface area (Å²) in [5.41, 5.74) is 0. The molecule has 0 atom stereocenters. The number of hydrogen-bond acceptors (Lipinski definition) is 5. The van der Waals surface area contributed by atoms with Crippen molar-refractivity contribution in [1.82, 2.24) is 0 Å². The van der Waals surface area contributed by atoms with Gasteiger partial charge in [0.1, 0.15) is 0 Å². The van der Waals surface area contributed by atoms with Crippen LogP contribution in [0.5, 0.6) is 0 Å². The number of phosphoric acid groups is 2. The zero-order chi connectivity index (χ0) is 7.71.